The first-order valence-corrected chi connectivity index (χ1v) is 9.55. The van der Waals surface area contributed by atoms with Crippen molar-refractivity contribution >= 4 is 11.5 Å². The van der Waals surface area contributed by atoms with Gasteiger partial charge in [0.05, 0.1) is 36.3 Å². The second-order valence-electron chi connectivity index (χ2n) is 7.53. The zero-order valence-electron chi connectivity index (χ0n) is 16.7. The number of anilines is 1. The van der Waals surface area contributed by atoms with E-state index < -0.39 is 29.6 Å². The van der Waals surface area contributed by atoms with Crippen molar-refractivity contribution in [3.05, 3.63) is 42.2 Å². The summed E-state index contributed by atoms with van der Waals surface area (Å²) in [4.78, 5) is 8.69. The predicted octanol–water partition coefficient (Wildman–Crippen LogP) is 2.90. The van der Waals surface area contributed by atoms with Gasteiger partial charge in [0.15, 0.2) is 5.60 Å². The van der Waals surface area contributed by atoms with Crippen molar-refractivity contribution in [2.45, 2.75) is 30.9 Å². The molecule has 3 atom stereocenters. The van der Waals surface area contributed by atoms with Crippen molar-refractivity contribution in [1.29, 1.82) is 0 Å². The quantitative estimate of drug-likeness (QED) is 0.531. The van der Waals surface area contributed by atoms with Crippen LogP contribution in [0, 0.1) is 0 Å². The molecule has 0 saturated carbocycles. The van der Waals surface area contributed by atoms with Crippen LogP contribution in [0.4, 0.5) is 23.4 Å². The molecule has 1 aliphatic rings. The van der Waals surface area contributed by atoms with Crippen LogP contribution in [0.15, 0.2) is 36.7 Å². The fraction of sp³-hybridized carbons (Fsp3) is 0.400. The average molecular weight is 439 g/mol. The van der Waals surface area contributed by atoms with Crippen LogP contribution in [0.5, 0.6) is 5.75 Å². The van der Waals surface area contributed by atoms with Crippen molar-refractivity contribution in [2.24, 2.45) is 0 Å². The van der Waals surface area contributed by atoms with Gasteiger partial charge in [-0.15, -0.1) is 0 Å². The molecule has 4 rings (SSSR count). The van der Waals surface area contributed by atoms with E-state index in [0.717, 1.165) is 6.20 Å². The summed E-state index contributed by atoms with van der Waals surface area (Å²) in [6, 6.07) is 5.94. The van der Waals surface area contributed by atoms with Gasteiger partial charge in [-0.3, -0.25) is 4.40 Å². The molecule has 0 radical (unpaired) electrons. The van der Waals surface area contributed by atoms with Gasteiger partial charge in [-0.05, 0) is 19.1 Å². The number of alkyl halides is 4. The smallest absolute Gasteiger partial charge is 0.421 e. The molecule has 3 aromatic rings. The van der Waals surface area contributed by atoms with Gasteiger partial charge in [-0.25, -0.2) is 14.4 Å². The molecule has 4 heterocycles. The van der Waals surface area contributed by atoms with Crippen molar-refractivity contribution in [2.75, 3.05) is 25.5 Å². The maximum Gasteiger partial charge on any atom is 0.421 e. The van der Waals surface area contributed by atoms with Crippen LogP contribution in [0.3, 0.4) is 0 Å². The maximum atomic E-state index is 13.9. The number of fused-ring (bicyclic) bond motifs is 1. The second-order valence-corrected chi connectivity index (χ2v) is 7.53. The van der Waals surface area contributed by atoms with E-state index >= 15 is 0 Å². The zero-order chi connectivity index (χ0) is 22.4. The van der Waals surface area contributed by atoms with E-state index in [9.17, 15) is 22.7 Å². The SMILES string of the molecule is COc1cc2ncc(-c3cccc(NC4CNCC4F)n3)n2cc1C(C)(O)C(F)(F)F. The molecular formula is C20H21F4N5O2. The Morgan fingerprint density at radius 2 is 2.06 bits per heavy atom. The van der Waals surface area contributed by atoms with Gasteiger partial charge >= 0.3 is 6.18 Å². The van der Waals surface area contributed by atoms with Crippen molar-refractivity contribution in [3.63, 3.8) is 0 Å². The lowest BCUT2D eigenvalue weighted by molar-refractivity contribution is -0.259. The number of nitrogens with one attached hydrogen (secondary N) is 2. The Morgan fingerprint density at radius 1 is 1.29 bits per heavy atom. The maximum absolute atomic E-state index is 13.9. The molecule has 31 heavy (non-hydrogen) atoms. The van der Waals surface area contributed by atoms with Gasteiger partial charge in [0, 0.05) is 25.4 Å². The van der Waals surface area contributed by atoms with Crippen LogP contribution in [0.25, 0.3) is 17.0 Å². The molecule has 3 aromatic heterocycles. The molecule has 0 spiro atoms. The molecule has 1 aliphatic heterocycles. The van der Waals surface area contributed by atoms with E-state index in [2.05, 4.69) is 20.6 Å². The number of imidazole rings is 1. The monoisotopic (exact) mass is 439 g/mol. The molecule has 166 valence electrons. The normalized spacial score (nSPS) is 21.3. The Labute approximate surface area is 175 Å². The fourth-order valence-corrected chi connectivity index (χ4v) is 3.52. The van der Waals surface area contributed by atoms with E-state index in [4.69, 9.17) is 4.74 Å². The Morgan fingerprint density at radius 3 is 2.71 bits per heavy atom. The van der Waals surface area contributed by atoms with Crippen LogP contribution in [0.2, 0.25) is 0 Å². The molecule has 3 N–H and O–H groups in total. The van der Waals surface area contributed by atoms with Crippen molar-refractivity contribution < 1.29 is 27.4 Å². The average Bonchev–Trinajstić information content (AvgIpc) is 3.32. The highest BCUT2D eigenvalue weighted by Gasteiger charge is 2.53. The molecule has 1 saturated heterocycles. The number of aliphatic hydroxyl groups is 1. The largest absolute Gasteiger partial charge is 0.496 e. The molecule has 7 nitrogen and oxygen atoms in total. The van der Waals surface area contributed by atoms with Gasteiger partial charge < -0.3 is 20.5 Å². The Balaban J connectivity index is 1.77. The number of nitrogens with zero attached hydrogens (tertiary/aromatic N) is 3. The van der Waals surface area contributed by atoms with Crippen molar-refractivity contribution in [1.82, 2.24) is 19.7 Å². The molecular weight excluding hydrogens is 418 g/mol. The summed E-state index contributed by atoms with van der Waals surface area (Å²) in [5.41, 5.74) is -2.46. The van der Waals surface area contributed by atoms with Crippen LogP contribution >= 0.6 is 0 Å². The number of pyridine rings is 2. The first kappa shape index (κ1) is 21.3. The van der Waals surface area contributed by atoms with Crippen molar-refractivity contribution in [3.8, 4) is 17.1 Å². The van der Waals surface area contributed by atoms with Gasteiger partial charge in [-0.2, -0.15) is 13.2 Å². The highest BCUT2D eigenvalue weighted by molar-refractivity contribution is 5.64. The lowest BCUT2D eigenvalue weighted by atomic mass is 9.96. The molecule has 3 unspecified atom stereocenters. The minimum absolute atomic E-state index is 0.141. The van der Waals surface area contributed by atoms with E-state index in [-0.39, 0.29) is 12.3 Å². The van der Waals surface area contributed by atoms with Crippen LogP contribution in [-0.4, -0.2) is 58.1 Å². The molecule has 0 aromatic carbocycles. The van der Waals surface area contributed by atoms with Crippen LogP contribution < -0.4 is 15.4 Å². The Hall–Kier alpha value is -2.92. The summed E-state index contributed by atoms with van der Waals surface area (Å²) >= 11 is 0. The predicted molar refractivity (Wildman–Crippen MR) is 106 cm³/mol. The summed E-state index contributed by atoms with van der Waals surface area (Å²) in [6.07, 6.45) is -3.37. The summed E-state index contributed by atoms with van der Waals surface area (Å²) in [6.45, 7) is 1.38. The molecule has 0 aliphatic carbocycles. The van der Waals surface area contributed by atoms with E-state index in [1.807, 2.05) is 0 Å². The summed E-state index contributed by atoms with van der Waals surface area (Å²) in [5, 5.41) is 16.2. The van der Waals surface area contributed by atoms with Gasteiger partial charge in [0.2, 0.25) is 0 Å². The topological polar surface area (TPSA) is 83.7 Å². The number of halogens is 4. The minimum Gasteiger partial charge on any atom is -0.496 e. The molecule has 0 bridgehead atoms. The van der Waals surface area contributed by atoms with Crippen LogP contribution in [-0.2, 0) is 5.60 Å². The number of methoxy groups -OCH3 is 1. The second kappa shape index (κ2) is 7.65. The summed E-state index contributed by atoms with van der Waals surface area (Å²) in [7, 11) is 1.22. The van der Waals surface area contributed by atoms with Crippen LogP contribution in [0.1, 0.15) is 12.5 Å². The molecule has 11 heteroatoms. The third kappa shape index (κ3) is 3.79. The van der Waals surface area contributed by atoms with Gasteiger partial charge in [0.25, 0.3) is 0 Å². The van der Waals surface area contributed by atoms with E-state index in [0.29, 0.717) is 36.3 Å². The number of ether oxygens (including phenoxy) is 1. The first-order chi connectivity index (χ1) is 14.6. The highest BCUT2D eigenvalue weighted by Crippen LogP contribution is 2.43. The summed E-state index contributed by atoms with van der Waals surface area (Å²) < 4.78 is 60.8. The molecule has 1 fully saturated rings. The lowest BCUT2D eigenvalue weighted by Crippen LogP contribution is -2.39. The minimum atomic E-state index is -4.92. The fourth-order valence-electron chi connectivity index (χ4n) is 3.52. The number of rotatable bonds is 5. The highest BCUT2D eigenvalue weighted by atomic mass is 19.4. The third-order valence-corrected chi connectivity index (χ3v) is 5.39. The Bertz CT molecular complexity index is 1100. The van der Waals surface area contributed by atoms with E-state index in [1.54, 1.807) is 18.2 Å². The number of hydrogen-bond donors (Lipinski definition) is 3. The Kier molecular flexibility index (Phi) is 5.26. The third-order valence-electron chi connectivity index (χ3n) is 5.39. The first-order valence-electron chi connectivity index (χ1n) is 9.55. The zero-order valence-corrected chi connectivity index (χ0v) is 16.7. The number of hydrogen-bond acceptors (Lipinski definition) is 6. The summed E-state index contributed by atoms with van der Waals surface area (Å²) in [5.74, 6) is 0.290. The number of aromatic nitrogens is 3. The molecule has 0 amide bonds. The van der Waals surface area contributed by atoms with E-state index in [1.165, 1.54) is 23.8 Å². The van der Waals surface area contributed by atoms with Gasteiger partial charge in [-0.1, -0.05) is 6.07 Å². The lowest BCUT2D eigenvalue weighted by Gasteiger charge is -2.28. The standard InChI is InChI=1S/C20H21F4N5O2/c1-19(30,20(22,23)24)11-10-29-15(9-26-18(29)6-16(11)31-2)13-4-3-5-17(27-13)28-14-8-25-7-12(14)21/h3-6,9-10,12,14,25,30H,7-8H2,1-2H3,(H,27,28). The van der Waals surface area contributed by atoms with Gasteiger partial charge in [0.1, 0.15) is 23.4 Å².